The van der Waals surface area contributed by atoms with Crippen molar-refractivity contribution in [2.45, 2.75) is 32.6 Å². The number of nitro benzene ring substituents is 1. The molecule has 1 N–H and O–H groups in total. The van der Waals surface area contributed by atoms with E-state index in [0.29, 0.717) is 11.3 Å². The number of benzene rings is 2. The van der Waals surface area contributed by atoms with Gasteiger partial charge in [0, 0.05) is 6.07 Å². The second-order valence-electron chi connectivity index (χ2n) is 5.45. The minimum absolute atomic E-state index is 0.00885. The van der Waals surface area contributed by atoms with E-state index in [1.165, 1.54) is 6.07 Å². The summed E-state index contributed by atoms with van der Waals surface area (Å²) in [4.78, 5) is 23.2. The van der Waals surface area contributed by atoms with Gasteiger partial charge in [-0.3, -0.25) is 14.9 Å². The average molecular weight is 312 g/mol. The molecule has 0 radical (unpaired) electrons. The van der Waals surface area contributed by atoms with E-state index in [1.807, 2.05) is 37.3 Å². The highest BCUT2D eigenvalue weighted by Crippen LogP contribution is 2.28. The number of rotatable bonds is 6. The number of anilines is 1. The van der Waals surface area contributed by atoms with Gasteiger partial charge < -0.3 is 5.32 Å². The molecule has 0 bridgehead atoms. The molecule has 23 heavy (non-hydrogen) atoms. The van der Waals surface area contributed by atoms with Crippen molar-refractivity contribution in [3.8, 4) is 0 Å². The molecule has 0 aliphatic carbocycles. The number of amides is 1. The molecule has 0 saturated carbocycles. The summed E-state index contributed by atoms with van der Waals surface area (Å²) in [6.07, 6.45) is 1.60. The Morgan fingerprint density at radius 2 is 1.87 bits per heavy atom. The lowest BCUT2D eigenvalue weighted by molar-refractivity contribution is -0.385. The van der Waals surface area contributed by atoms with Crippen LogP contribution in [0.2, 0.25) is 0 Å². The Morgan fingerprint density at radius 3 is 2.48 bits per heavy atom. The molecule has 0 fully saturated rings. The van der Waals surface area contributed by atoms with Crippen LogP contribution in [-0.2, 0) is 4.79 Å². The molecule has 0 aliphatic rings. The maximum atomic E-state index is 12.7. The Labute approximate surface area is 135 Å². The molecule has 1 atom stereocenters. The van der Waals surface area contributed by atoms with Crippen LogP contribution in [0.1, 0.15) is 36.8 Å². The summed E-state index contributed by atoms with van der Waals surface area (Å²) in [5.41, 5.74) is 1.92. The lowest BCUT2D eigenvalue weighted by Crippen LogP contribution is -2.21. The summed E-state index contributed by atoms with van der Waals surface area (Å²) >= 11 is 0. The molecule has 0 aromatic heterocycles. The molecular formula is C18H20N2O3. The van der Waals surface area contributed by atoms with Crippen LogP contribution in [0, 0.1) is 17.0 Å². The topological polar surface area (TPSA) is 72.2 Å². The van der Waals surface area contributed by atoms with Crippen molar-refractivity contribution in [1.82, 2.24) is 0 Å². The van der Waals surface area contributed by atoms with Gasteiger partial charge in [0.25, 0.3) is 5.69 Å². The van der Waals surface area contributed by atoms with Crippen LogP contribution in [-0.4, -0.2) is 10.8 Å². The molecule has 0 spiro atoms. The Bertz CT molecular complexity index is 699. The van der Waals surface area contributed by atoms with Gasteiger partial charge in [-0.05, 0) is 25.0 Å². The number of hydrogen-bond donors (Lipinski definition) is 1. The fourth-order valence-corrected chi connectivity index (χ4v) is 2.60. The SMILES string of the molecule is CCC[C@@H](C(=O)Nc1cccc([N+](=O)[O-])c1C)c1ccccc1. The second kappa shape index (κ2) is 7.54. The van der Waals surface area contributed by atoms with E-state index in [9.17, 15) is 14.9 Å². The maximum Gasteiger partial charge on any atom is 0.274 e. The summed E-state index contributed by atoms with van der Waals surface area (Å²) in [5.74, 6) is -0.401. The molecule has 2 aromatic carbocycles. The quantitative estimate of drug-likeness (QED) is 0.633. The zero-order valence-electron chi connectivity index (χ0n) is 13.3. The third-order valence-corrected chi connectivity index (χ3v) is 3.86. The van der Waals surface area contributed by atoms with E-state index in [-0.39, 0.29) is 17.5 Å². The molecule has 0 saturated heterocycles. The first-order valence-corrected chi connectivity index (χ1v) is 7.64. The molecule has 2 rings (SSSR count). The van der Waals surface area contributed by atoms with E-state index >= 15 is 0 Å². The fourth-order valence-electron chi connectivity index (χ4n) is 2.60. The number of carbonyl (C=O) groups is 1. The van der Waals surface area contributed by atoms with Crippen LogP contribution in [0.25, 0.3) is 0 Å². The highest BCUT2D eigenvalue weighted by atomic mass is 16.6. The van der Waals surface area contributed by atoms with Gasteiger partial charge in [-0.2, -0.15) is 0 Å². The molecule has 1 amide bonds. The standard InChI is InChI=1S/C18H20N2O3/c1-3-8-15(14-9-5-4-6-10-14)18(21)19-16-11-7-12-17(13(16)2)20(22)23/h4-7,9-12,15H,3,8H2,1-2H3,(H,19,21)/t15-/m1/s1. The van der Waals surface area contributed by atoms with Gasteiger partial charge in [-0.15, -0.1) is 0 Å². The van der Waals surface area contributed by atoms with Crippen molar-refractivity contribution in [2.24, 2.45) is 0 Å². The molecule has 120 valence electrons. The predicted octanol–water partition coefficient (Wildman–Crippen LogP) is 4.43. The van der Waals surface area contributed by atoms with Gasteiger partial charge in [0.05, 0.1) is 22.1 Å². The van der Waals surface area contributed by atoms with Crippen molar-refractivity contribution in [3.05, 3.63) is 69.8 Å². The van der Waals surface area contributed by atoms with Gasteiger partial charge in [-0.1, -0.05) is 49.7 Å². The smallest absolute Gasteiger partial charge is 0.274 e. The molecule has 5 heteroatoms. The first-order chi connectivity index (χ1) is 11.0. The summed E-state index contributed by atoms with van der Waals surface area (Å²) in [6, 6.07) is 14.3. The number of nitrogens with one attached hydrogen (secondary N) is 1. The largest absolute Gasteiger partial charge is 0.325 e. The predicted molar refractivity (Wildman–Crippen MR) is 90.6 cm³/mol. The van der Waals surface area contributed by atoms with Crippen LogP contribution < -0.4 is 5.32 Å². The molecule has 2 aromatic rings. The van der Waals surface area contributed by atoms with Crippen molar-refractivity contribution < 1.29 is 9.72 Å². The Balaban J connectivity index is 2.26. The molecule has 5 nitrogen and oxygen atoms in total. The van der Waals surface area contributed by atoms with Crippen LogP contribution in [0.15, 0.2) is 48.5 Å². The van der Waals surface area contributed by atoms with Crippen LogP contribution in [0.5, 0.6) is 0 Å². The Kier molecular flexibility index (Phi) is 5.46. The zero-order valence-corrected chi connectivity index (χ0v) is 13.3. The van der Waals surface area contributed by atoms with E-state index < -0.39 is 4.92 Å². The number of carbonyl (C=O) groups excluding carboxylic acids is 1. The van der Waals surface area contributed by atoms with Crippen LogP contribution >= 0.6 is 0 Å². The number of hydrogen-bond acceptors (Lipinski definition) is 3. The highest BCUT2D eigenvalue weighted by molar-refractivity contribution is 5.96. The van der Waals surface area contributed by atoms with Crippen LogP contribution in [0.3, 0.4) is 0 Å². The third-order valence-electron chi connectivity index (χ3n) is 3.86. The third kappa shape index (κ3) is 3.94. The molecule has 0 aliphatic heterocycles. The van der Waals surface area contributed by atoms with E-state index in [1.54, 1.807) is 19.1 Å². The summed E-state index contributed by atoms with van der Waals surface area (Å²) < 4.78 is 0. The first-order valence-electron chi connectivity index (χ1n) is 7.64. The van der Waals surface area contributed by atoms with Gasteiger partial charge in [0.15, 0.2) is 0 Å². The number of nitro groups is 1. The van der Waals surface area contributed by atoms with Crippen molar-refractivity contribution >= 4 is 17.3 Å². The summed E-state index contributed by atoms with van der Waals surface area (Å²) in [5, 5.41) is 13.9. The van der Waals surface area contributed by atoms with E-state index in [0.717, 1.165) is 18.4 Å². The van der Waals surface area contributed by atoms with Gasteiger partial charge in [-0.25, -0.2) is 0 Å². The zero-order chi connectivity index (χ0) is 16.8. The summed E-state index contributed by atoms with van der Waals surface area (Å²) in [6.45, 7) is 3.67. The molecule has 0 heterocycles. The fraction of sp³-hybridized carbons (Fsp3) is 0.278. The minimum atomic E-state index is -0.439. The summed E-state index contributed by atoms with van der Waals surface area (Å²) in [7, 11) is 0. The highest BCUT2D eigenvalue weighted by Gasteiger charge is 2.21. The Morgan fingerprint density at radius 1 is 1.17 bits per heavy atom. The van der Waals surface area contributed by atoms with E-state index in [4.69, 9.17) is 0 Å². The van der Waals surface area contributed by atoms with Crippen LogP contribution in [0.4, 0.5) is 11.4 Å². The number of nitrogens with zero attached hydrogens (tertiary/aromatic N) is 1. The average Bonchev–Trinajstić information content (AvgIpc) is 2.55. The minimum Gasteiger partial charge on any atom is -0.325 e. The first kappa shape index (κ1) is 16.7. The normalized spacial score (nSPS) is 11.7. The maximum absolute atomic E-state index is 12.7. The Hall–Kier alpha value is -2.69. The van der Waals surface area contributed by atoms with Crippen molar-refractivity contribution in [1.29, 1.82) is 0 Å². The van der Waals surface area contributed by atoms with Gasteiger partial charge >= 0.3 is 0 Å². The lowest BCUT2D eigenvalue weighted by Gasteiger charge is -2.17. The van der Waals surface area contributed by atoms with Crippen molar-refractivity contribution in [3.63, 3.8) is 0 Å². The van der Waals surface area contributed by atoms with Gasteiger partial charge in [0.1, 0.15) is 0 Å². The molecule has 0 unspecified atom stereocenters. The monoisotopic (exact) mass is 312 g/mol. The lowest BCUT2D eigenvalue weighted by atomic mass is 9.93. The van der Waals surface area contributed by atoms with E-state index in [2.05, 4.69) is 5.32 Å². The second-order valence-corrected chi connectivity index (χ2v) is 5.45. The van der Waals surface area contributed by atoms with Gasteiger partial charge in [0.2, 0.25) is 5.91 Å². The van der Waals surface area contributed by atoms with Crippen molar-refractivity contribution in [2.75, 3.05) is 5.32 Å². The molecular weight excluding hydrogens is 292 g/mol.